The summed E-state index contributed by atoms with van der Waals surface area (Å²) in [5.41, 5.74) is 2.26. The molecular weight excluding hydrogens is 297 g/mol. The topological polar surface area (TPSA) is 55.4 Å². The summed E-state index contributed by atoms with van der Waals surface area (Å²) in [4.78, 5) is 24.2. The summed E-state index contributed by atoms with van der Waals surface area (Å²) in [5, 5.41) is 2.40. The molecule has 0 aliphatic rings. The Hall–Kier alpha value is -2.69. The summed E-state index contributed by atoms with van der Waals surface area (Å²) < 4.78 is 18.7. The number of benzene rings is 2. The first-order valence-electron chi connectivity index (χ1n) is 7.22. The Morgan fingerprint density at radius 2 is 1.83 bits per heavy atom. The van der Waals surface area contributed by atoms with Crippen LogP contribution in [0.1, 0.15) is 28.4 Å². The van der Waals surface area contributed by atoms with Gasteiger partial charge in [0, 0.05) is 0 Å². The third-order valence-electron chi connectivity index (χ3n) is 3.39. The predicted octanol–water partition coefficient (Wildman–Crippen LogP) is 3.63. The third kappa shape index (κ3) is 4.16. The summed E-state index contributed by atoms with van der Waals surface area (Å²) in [5.74, 6) is -1.72. The standard InChI is InChI=1S/C18H18FNO3/c1-11-8-9-14(12(2)10-11)18(22)23-13(3)17(21)20-16-7-5-4-6-15(16)19/h4-10,13H,1-3H3,(H,20,21). The number of hydrogen-bond donors (Lipinski definition) is 1. The lowest BCUT2D eigenvalue weighted by atomic mass is 10.1. The lowest BCUT2D eigenvalue weighted by molar-refractivity contribution is -0.123. The molecule has 0 aliphatic carbocycles. The molecule has 5 heteroatoms. The van der Waals surface area contributed by atoms with Crippen LogP contribution in [-0.4, -0.2) is 18.0 Å². The summed E-state index contributed by atoms with van der Waals surface area (Å²) >= 11 is 0. The van der Waals surface area contributed by atoms with Crippen LogP contribution in [0.5, 0.6) is 0 Å². The highest BCUT2D eigenvalue weighted by molar-refractivity contribution is 5.97. The number of anilines is 1. The highest BCUT2D eigenvalue weighted by Gasteiger charge is 2.20. The van der Waals surface area contributed by atoms with Crippen molar-refractivity contribution >= 4 is 17.6 Å². The average Bonchev–Trinajstić information content (AvgIpc) is 2.49. The van der Waals surface area contributed by atoms with E-state index in [-0.39, 0.29) is 5.69 Å². The third-order valence-corrected chi connectivity index (χ3v) is 3.39. The Morgan fingerprint density at radius 1 is 1.13 bits per heavy atom. The zero-order chi connectivity index (χ0) is 17.0. The number of amides is 1. The molecule has 4 nitrogen and oxygen atoms in total. The summed E-state index contributed by atoms with van der Waals surface area (Å²) in [7, 11) is 0. The van der Waals surface area contributed by atoms with Crippen molar-refractivity contribution in [2.24, 2.45) is 0 Å². The molecule has 2 rings (SSSR count). The Bertz CT molecular complexity index is 743. The maximum absolute atomic E-state index is 13.5. The van der Waals surface area contributed by atoms with Crippen LogP contribution in [0.25, 0.3) is 0 Å². The van der Waals surface area contributed by atoms with Gasteiger partial charge in [0.05, 0.1) is 11.3 Å². The smallest absolute Gasteiger partial charge is 0.339 e. The summed E-state index contributed by atoms with van der Waals surface area (Å²) in [6, 6.07) is 11.1. The molecule has 0 saturated heterocycles. The second-order valence-electron chi connectivity index (χ2n) is 5.34. The Labute approximate surface area is 134 Å². The van der Waals surface area contributed by atoms with E-state index < -0.39 is 23.8 Å². The van der Waals surface area contributed by atoms with Crippen molar-refractivity contribution in [2.45, 2.75) is 26.9 Å². The van der Waals surface area contributed by atoms with Gasteiger partial charge in [-0.25, -0.2) is 9.18 Å². The fraction of sp³-hybridized carbons (Fsp3) is 0.222. The quantitative estimate of drug-likeness (QED) is 0.877. The average molecular weight is 315 g/mol. The number of nitrogens with one attached hydrogen (secondary N) is 1. The normalized spacial score (nSPS) is 11.7. The molecule has 0 bridgehead atoms. The van der Waals surface area contributed by atoms with E-state index in [1.54, 1.807) is 25.1 Å². The first kappa shape index (κ1) is 16.7. The molecule has 0 fully saturated rings. The zero-order valence-corrected chi connectivity index (χ0v) is 13.2. The van der Waals surface area contributed by atoms with E-state index in [0.717, 1.165) is 11.1 Å². The molecule has 0 aromatic heterocycles. The van der Waals surface area contributed by atoms with E-state index in [9.17, 15) is 14.0 Å². The molecule has 1 amide bonds. The molecule has 2 aromatic rings. The van der Waals surface area contributed by atoms with Gasteiger partial charge in [-0.05, 0) is 44.5 Å². The maximum atomic E-state index is 13.5. The van der Waals surface area contributed by atoms with Gasteiger partial charge in [-0.3, -0.25) is 4.79 Å². The number of carbonyl (C=O) groups excluding carboxylic acids is 2. The number of halogens is 1. The fourth-order valence-corrected chi connectivity index (χ4v) is 2.12. The van der Waals surface area contributed by atoms with Crippen LogP contribution in [0.4, 0.5) is 10.1 Å². The van der Waals surface area contributed by atoms with E-state index in [1.807, 2.05) is 13.0 Å². The highest BCUT2D eigenvalue weighted by Crippen LogP contribution is 2.15. The molecule has 1 unspecified atom stereocenters. The molecule has 0 heterocycles. The van der Waals surface area contributed by atoms with Crippen molar-refractivity contribution in [2.75, 3.05) is 5.32 Å². The van der Waals surface area contributed by atoms with Crippen LogP contribution in [0.2, 0.25) is 0 Å². The van der Waals surface area contributed by atoms with Crippen LogP contribution in [0.15, 0.2) is 42.5 Å². The first-order valence-corrected chi connectivity index (χ1v) is 7.22. The van der Waals surface area contributed by atoms with Gasteiger partial charge in [-0.2, -0.15) is 0 Å². The molecule has 23 heavy (non-hydrogen) atoms. The van der Waals surface area contributed by atoms with Gasteiger partial charge < -0.3 is 10.1 Å². The number of hydrogen-bond acceptors (Lipinski definition) is 3. The molecule has 120 valence electrons. The number of aryl methyl sites for hydroxylation is 2. The Kier molecular flexibility index (Phi) is 5.11. The largest absolute Gasteiger partial charge is 0.449 e. The van der Waals surface area contributed by atoms with Gasteiger partial charge in [-0.15, -0.1) is 0 Å². The van der Waals surface area contributed by atoms with Crippen molar-refractivity contribution < 1.29 is 18.7 Å². The van der Waals surface area contributed by atoms with Crippen LogP contribution in [0.3, 0.4) is 0 Å². The van der Waals surface area contributed by atoms with Crippen molar-refractivity contribution in [3.8, 4) is 0 Å². The van der Waals surface area contributed by atoms with Gasteiger partial charge in [0.2, 0.25) is 0 Å². The number of esters is 1. The maximum Gasteiger partial charge on any atom is 0.339 e. The molecule has 0 saturated carbocycles. The van der Waals surface area contributed by atoms with Crippen molar-refractivity contribution in [1.82, 2.24) is 0 Å². The van der Waals surface area contributed by atoms with Gasteiger partial charge in [0.1, 0.15) is 5.82 Å². The van der Waals surface area contributed by atoms with Gasteiger partial charge in [0.25, 0.3) is 5.91 Å². The molecule has 0 aliphatic heterocycles. The molecular formula is C18H18FNO3. The second-order valence-corrected chi connectivity index (χ2v) is 5.34. The van der Waals surface area contributed by atoms with E-state index in [2.05, 4.69) is 5.32 Å². The monoisotopic (exact) mass is 315 g/mol. The molecule has 0 radical (unpaired) electrons. The number of ether oxygens (including phenoxy) is 1. The molecule has 1 N–H and O–H groups in total. The lowest BCUT2D eigenvalue weighted by Crippen LogP contribution is -2.30. The predicted molar refractivity (Wildman–Crippen MR) is 85.8 cm³/mol. The first-order chi connectivity index (χ1) is 10.9. The minimum absolute atomic E-state index is 0.0481. The van der Waals surface area contributed by atoms with E-state index in [1.165, 1.54) is 25.1 Å². The number of rotatable bonds is 4. The van der Waals surface area contributed by atoms with Gasteiger partial charge in [0.15, 0.2) is 6.10 Å². The van der Waals surface area contributed by atoms with Crippen molar-refractivity contribution in [1.29, 1.82) is 0 Å². The fourth-order valence-electron chi connectivity index (χ4n) is 2.12. The number of para-hydroxylation sites is 1. The van der Waals surface area contributed by atoms with E-state index >= 15 is 0 Å². The van der Waals surface area contributed by atoms with Crippen LogP contribution in [0, 0.1) is 19.7 Å². The minimum atomic E-state index is -1.04. The van der Waals surface area contributed by atoms with Gasteiger partial charge >= 0.3 is 5.97 Å². The summed E-state index contributed by atoms with van der Waals surface area (Å²) in [6.45, 7) is 5.16. The summed E-state index contributed by atoms with van der Waals surface area (Å²) in [6.07, 6.45) is -1.04. The highest BCUT2D eigenvalue weighted by atomic mass is 19.1. The van der Waals surface area contributed by atoms with E-state index in [4.69, 9.17) is 4.74 Å². The van der Waals surface area contributed by atoms with Crippen molar-refractivity contribution in [3.63, 3.8) is 0 Å². The van der Waals surface area contributed by atoms with Crippen molar-refractivity contribution in [3.05, 3.63) is 65.0 Å². The van der Waals surface area contributed by atoms with E-state index in [0.29, 0.717) is 5.56 Å². The minimum Gasteiger partial charge on any atom is -0.449 e. The second kappa shape index (κ2) is 7.05. The van der Waals surface area contributed by atoms with Crippen LogP contribution < -0.4 is 5.32 Å². The van der Waals surface area contributed by atoms with Crippen LogP contribution >= 0.6 is 0 Å². The zero-order valence-electron chi connectivity index (χ0n) is 13.2. The SMILES string of the molecule is Cc1ccc(C(=O)OC(C)C(=O)Nc2ccccc2F)c(C)c1. The van der Waals surface area contributed by atoms with Crippen LogP contribution in [-0.2, 0) is 9.53 Å². The lowest BCUT2D eigenvalue weighted by Gasteiger charge is -2.15. The number of carbonyl (C=O) groups is 2. The van der Waals surface area contributed by atoms with Gasteiger partial charge in [-0.1, -0.05) is 29.8 Å². The Balaban J connectivity index is 2.03. The molecule has 1 atom stereocenters. The Morgan fingerprint density at radius 3 is 2.48 bits per heavy atom. The molecule has 2 aromatic carbocycles. The molecule has 0 spiro atoms.